The summed E-state index contributed by atoms with van der Waals surface area (Å²) in [6.07, 6.45) is 0.620. The van der Waals surface area contributed by atoms with Gasteiger partial charge in [0.25, 0.3) is 5.91 Å². The summed E-state index contributed by atoms with van der Waals surface area (Å²) in [4.78, 5) is 22.7. The highest BCUT2D eigenvalue weighted by atomic mass is 16.5. The Morgan fingerprint density at radius 1 is 1.24 bits per heavy atom. The smallest absolute Gasteiger partial charge is 0.335 e. The van der Waals surface area contributed by atoms with Crippen molar-refractivity contribution in [1.29, 1.82) is 0 Å². The predicted octanol–water partition coefficient (Wildman–Crippen LogP) is 1.96. The van der Waals surface area contributed by atoms with Gasteiger partial charge >= 0.3 is 5.97 Å². The molecule has 0 atom stereocenters. The number of carboxylic acid groups (broad SMARTS) is 1. The average Bonchev–Trinajstić information content (AvgIpc) is 2.78. The molecule has 6 heteroatoms. The predicted molar refractivity (Wildman–Crippen MR) is 75.4 cm³/mol. The van der Waals surface area contributed by atoms with Gasteiger partial charge in [0, 0.05) is 6.54 Å². The van der Waals surface area contributed by atoms with Crippen molar-refractivity contribution in [3.63, 3.8) is 0 Å². The van der Waals surface area contributed by atoms with E-state index < -0.39 is 5.97 Å². The lowest BCUT2D eigenvalue weighted by molar-refractivity contribution is 0.0696. The third-order valence-corrected chi connectivity index (χ3v) is 3.16. The van der Waals surface area contributed by atoms with Crippen molar-refractivity contribution in [1.82, 2.24) is 10.5 Å². The molecule has 21 heavy (non-hydrogen) atoms. The molecule has 0 aliphatic heterocycles. The number of nitrogens with one attached hydrogen (secondary N) is 1. The quantitative estimate of drug-likeness (QED) is 0.877. The first-order valence-electron chi connectivity index (χ1n) is 6.52. The number of nitrogens with zero attached hydrogens (tertiary/aromatic N) is 1. The van der Waals surface area contributed by atoms with Gasteiger partial charge in [-0.2, -0.15) is 0 Å². The Labute approximate surface area is 121 Å². The number of rotatable bonds is 5. The molecule has 0 saturated carbocycles. The first-order valence-corrected chi connectivity index (χ1v) is 6.52. The van der Waals surface area contributed by atoms with Crippen LogP contribution in [0.1, 0.15) is 37.7 Å². The Morgan fingerprint density at radius 2 is 1.90 bits per heavy atom. The molecule has 1 aromatic heterocycles. The molecule has 110 valence electrons. The van der Waals surface area contributed by atoms with Gasteiger partial charge in [0.1, 0.15) is 11.3 Å². The number of hydrogen-bond donors (Lipinski definition) is 2. The van der Waals surface area contributed by atoms with E-state index in [1.165, 1.54) is 0 Å². The largest absolute Gasteiger partial charge is 0.478 e. The van der Waals surface area contributed by atoms with Crippen LogP contribution in [0.25, 0.3) is 0 Å². The normalized spacial score (nSPS) is 10.4. The van der Waals surface area contributed by atoms with Crippen LogP contribution in [0.4, 0.5) is 0 Å². The SMILES string of the molecule is Cc1noc(C)c1C(=O)NCCc1ccc(C(=O)O)cc1. The second-order valence-corrected chi connectivity index (χ2v) is 4.71. The molecule has 0 spiro atoms. The highest BCUT2D eigenvalue weighted by Gasteiger charge is 2.16. The lowest BCUT2D eigenvalue weighted by atomic mass is 10.1. The Bertz CT molecular complexity index is 639. The van der Waals surface area contributed by atoms with Gasteiger partial charge in [0.2, 0.25) is 0 Å². The van der Waals surface area contributed by atoms with Crippen LogP contribution in [0, 0.1) is 13.8 Å². The summed E-state index contributed by atoms with van der Waals surface area (Å²) in [5, 5.41) is 15.3. The van der Waals surface area contributed by atoms with E-state index in [0.717, 1.165) is 5.56 Å². The fraction of sp³-hybridized carbons (Fsp3) is 0.267. The molecule has 2 aromatic rings. The van der Waals surface area contributed by atoms with E-state index in [1.54, 1.807) is 38.1 Å². The topological polar surface area (TPSA) is 92.4 Å². The zero-order valence-corrected chi connectivity index (χ0v) is 11.8. The van der Waals surface area contributed by atoms with E-state index in [0.29, 0.717) is 30.0 Å². The minimum absolute atomic E-state index is 0.214. The molecular formula is C15H16N2O4. The van der Waals surface area contributed by atoms with E-state index >= 15 is 0 Å². The van der Waals surface area contributed by atoms with E-state index in [1.807, 2.05) is 0 Å². The van der Waals surface area contributed by atoms with Gasteiger partial charge in [0.15, 0.2) is 0 Å². The molecule has 0 aliphatic carbocycles. The van der Waals surface area contributed by atoms with Crippen molar-refractivity contribution in [3.8, 4) is 0 Å². The second kappa shape index (κ2) is 6.21. The molecule has 0 unspecified atom stereocenters. The fourth-order valence-electron chi connectivity index (χ4n) is 2.03. The van der Waals surface area contributed by atoms with Crippen molar-refractivity contribution < 1.29 is 19.2 Å². The lowest BCUT2D eigenvalue weighted by Gasteiger charge is -2.05. The molecule has 0 bridgehead atoms. The number of aryl methyl sites for hydroxylation is 2. The van der Waals surface area contributed by atoms with Gasteiger partial charge in [0.05, 0.1) is 11.3 Å². The van der Waals surface area contributed by atoms with Crippen LogP contribution in [0.15, 0.2) is 28.8 Å². The van der Waals surface area contributed by atoms with E-state index in [4.69, 9.17) is 9.63 Å². The molecule has 2 N–H and O–H groups in total. The van der Waals surface area contributed by atoms with Crippen molar-refractivity contribution in [2.45, 2.75) is 20.3 Å². The summed E-state index contributed by atoms with van der Waals surface area (Å²) in [7, 11) is 0. The minimum atomic E-state index is -0.951. The molecule has 0 radical (unpaired) electrons. The second-order valence-electron chi connectivity index (χ2n) is 4.71. The first-order chi connectivity index (χ1) is 9.99. The highest BCUT2D eigenvalue weighted by Crippen LogP contribution is 2.11. The first kappa shape index (κ1) is 14.8. The van der Waals surface area contributed by atoms with Crippen LogP contribution in [-0.4, -0.2) is 28.7 Å². The fourth-order valence-corrected chi connectivity index (χ4v) is 2.03. The molecule has 0 fully saturated rings. The Morgan fingerprint density at radius 3 is 2.43 bits per heavy atom. The van der Waals surface area contributed by atoms with Crippen LogP contribution < -0.4 is 5.32 Å². The van der Waals surface area contributed by atoms with Gasteiger partial charge in [-0.05, 0) is 38.0 Å². The number of benzene rings is 1. The summed E-state index contributed by atoms with van der Waals surface area (Å²) in [6.45, 7) is 3.87. The molecule has 1 aromatic carbocycles. The van der Waals surface area contributed by atoms with Crippen LogP contribution >= 0.6 is 0 Å². The number of amides is 1. The molecule has 1 amide bonds. The minimum Gasteiger partial charge on any atom is -0.478 e. The van der Waals surface area contributed by atoms with Crippen molar-refractivity contribution in [2.75, 3.05) is 6.54 Å². The summed E-state index contributed by atoms with van der Waals surface area (Å²) in [6, 6.07) is 6.58. The summed E-state index contributed by atoms with van der Waals surface area (Å²) in [5.74, 6) is -0.669. The number of hydrogen-bond acceptors (Lipinski definition) is 4. The third kappa shape index (κ3) is 3.47. The molecule has 0 aliphatic rings. The van der Waals surface area contributed by atoms with Crippen LogP contribution in [0.5, 0.6) is 0 Å². The molecular weight excluding hydrogens is 272 g/mol. The summed E-state index contributed by atoms with van der Waals surface area (Å²) < 4.78 is 4.95. The molecule has 6 nitrogen and oxygen atoms in total. The number of carbonyl (C=O) groups excluding carboxylic acids is 1. The van der Waals surface area contributed by atoms with Crippen LogP contribution in [-0.2, 0) is 6.42 Å². The van der Waals surface area contributed by atoms with Crippen molar-refractivity contribution in [3.05, 3.63) is 52.4 Å². The third-order valence-electron chi connectivity index (χ3n) is 3.16. The van der Waals surface area contributed by atoms with Crippen molar-refractivity contribution >= 4 is 11.9 Å². The van der Waals surface area contributed by atoms with Gasteiger partial charge in [-0.15, -0.1) is 0 Å². The highest BCUT2D eigenvalue weighted by molar-refractivity contribution is 5.96. The summed E-state index contributed by atoms with van der Waals surface area (Å²) >= 11 is 0. The van der Waals surface area contributed by atoms with Crippen LogP contribution in [0.3, 0.4) is 0 Å². The van der Waals surface area contributed by atoms with Crippen LogP contribution in [0.2, 0.25) is 0 Å². The van der Waals surface area contributed by atoms with Gasteiger partial charge in [-0.25, -0.2) is 4.79 Å². The average molecular weight is 288 g/mol. The molecule has 2 rings (SSSR count). The maximum Gasteiger partial charge on any atom is 0.335 e. The number of carbonyl (C=O) groups is 2. The monoisotopic (exact) mass is 288 g/mol. The Kier molecular flexibility index (Phi) is 4.37. The number of aromatic carboxylic acids is 1. The molecule has 0 saturated heterocycles. The van der Waals surface area contributed by atoms with Gasteiger partial charge in [-0.3, -0.25) is 4.79 Å². The van der Waals surface area contributed by atoms with Crippen molar-refractivity contribution in [2.24, 2.45) is 0 Å². The summed E-state index contributed by atoms with van der Waals surface area (Å²) in [5.41, 5.74) is 2.24. The van der Waals surface area contributed by atoms with Gasteiger partial charge < -0.3 is 14.9 Å². The maximum absolute atomic E-state index is 12.0. The number of aromatic nitrogens is 1. The van der Waals surface area contributed by atoms with E-state index in [2.05, 4.69) is 10.5 Å². The zero-order valence-electron chi connectivity index (χ0n) is 11.8. The van der Waals surface area contributed by atoms with Gasteiger partial charge in [-0.1, -0.05) is 17.3 Å². The Balaban J connectivity index is 1.89. The zero-order chi connectivity index (χ0) is 15.4. The molecule has 1 heterocycles. The Hall–Kier alpha value is -2.63. The maximum atomic E-state index is 12.0. The lowest BCUT2D eigenvalue weighted by Crippen LogP contribution is -2.26. The van der Waals surface area contributed by atoms with E-state index in [-0.39, 0.29) is 11.5 Å². The standard InChI is InChI=1S/C15H16N2O4/c1-9-13(10(2)21-17-9)14(18)16-8-7-11-3-5-12(6-4-11)15(19)20/h3-6H,7-8H2,1-2H3,(H,16,18)(H,19,20). The number of carboxylic acids is 1. The van der Waals surface area contributed by atoms with E-state index in [9.17, 15) is 9.59 Å².